The van der Waals surface area contributed by atoms with Gasteiger partial charge in [0.15, 0.2) is 17.6 Å². The first-order valence-electron chi connectivity index (χ1n) is 37.7. The van der Waals surface area contributed by atoms with Gasteiger partial charge >= 0.3 is 6.01 Å². The number of thiophene rings is 4. The molecule has 114 heavy (non-hydrogen) atoms. The van der Waals surface area contributed by atoms with Crippen LogP contribution in [-0.4, -0.2) is 43.2 Å². The maximum absolute atomic E-state index is 6.15. The van der Waals surface area contributed by atoms with E-state index in [4.69, 9.17) is 13.8 Å². The Morgan fingerprint density at radius 3 is 1.14 bits per heavy atom. The summed E-state index contributed by atoms with van der Waals surface area (Å²) in [5, 5.41) is 23.0. The van der Waals surface area contributed by atoms with Gasteiger partial charge in [0.25, 0.3) is 0 Å². The molecule has 27 rings (SSSR count). The molecule has 0 aliphatic heterocycles. The van der Waals surface area contributed by atoms with Crippen molar-refractivity contribution in [2.24, 2.45) is 0 Å². The van der Waals surface area contributed by atoms with E-state index < -0.39 is 0 Å². The third kappa shape index (κ3) is 10.2. The molecule has 27 aromatic rings. The third-order valence-corrected chi connectivity index (χ3v) is 26.9. The Balaban J connectivity index is 0.0000000879. The van der Waals surface area contributed by atoms with Crippen molar-refractivity contribution in [2.45, 2.75) is 0 Å². The molecule has 0 fully saturated rings. The summed E-state index contributed by atoms with van der Waals surface area (Å²) in [5.41, 5.74) is 15.1. The van der Waals surface area contributed by atoms with Crippen LogP contribution in [0.4, 0.5) is 0 Å². The Kier molecular flexibility index (Phi) is 14.6. The SMILES string of the molecule is c1ccc2c(c1)sc1cc3c(cc12)c1ccccc1n3-c1ccc2cnccc2c1.c1ccc2c(c1)sc1cc3c(cc12)c1ccccc1n3-c1ccc2ocnc2c1.c1ccc2oc(-n3c4ccccc4c4cc5c(cc43)sc3ccccc35)nc2c1.c1cnc(-n2c3ccccc3c3cc4c(cc32)sc2ccccc24)nc1. The number of benzene rings is 15. The molecular weight excluding hydrogens is 1480 g/mol. The topological polar surface area (TPSA) is 110 Å². The highest BCUT2D eigenvalue weighted by molar-refractivity contribution is 7.27. The zero-order valence-corrected chi connectivity index (χ0v) is 63.6. The first-order chi connectivity index (χ1) is 56.5. The Bertz CT molecular complexity index is 8400. The van der Waals surface area contributed by atoms with Crippen LogP contribution in [0.1, 0.15) is 0 Å². The van der Waals surface area contributed by atoms with Crippen molar-refractivity contribution in [1.82, 2.24) is 43.2 Å². The van der Waals surface area contributed by atoms with Gasteiger partial charge in [-0.25, -0.2) is 15.0 Å². The number of rotatable bonds is 4. The summed E-state index contributed by atoms with van der Waals surface area (Å²) < 4.78 is 31.1. The van der Waals surface area contributed by atoms with E-state index in [-0.39, 0.29) is 0 Å². The number of pyridine rings is 1. The van der Waals surface area contributed by atoms with Gasteiger partial charge < -0.3 is 18.0 Å². The molecule has 0 aliphatic carbocycles. The van der Waals surface area contributed by atoms with Crippen LogP contribution in [0.2, 0.25) is 0 Å². The van der Waals surface area contributed by atoms with Gasteiger partial charge in [0.05, 0.1) is 44.1 Å². The fourth-order valence-corrected chi connectivity index (χ4v) is 21.8. The lowest BCUT2D eigenvalue weighted by Crippen LogP contribution is -1.99. The summed E-state index contributed by atoms with van der Waals surface area (Å²) in [7, 11) is 0. The van der Waals surface area contributed by atoms with Gasteiger partial charge in [-0.1, -0.05) is 164 Å². The predicted molar refractivity (Wildman–Crippen MR) is 481 cm³/mol. The van der Waals surface area contributed by atoms with Crippen LogP contribution in [0, 0.1) is 0 Å². The fraction of sp³-hybridized carbons (Fsp3) is 0. The summed E-state index contributed by atoms with van der Waals surface area (Å²) in [4.78, 5) is 22.4. The number of nitrogens with zero attached hydrogens (tertiary/aromatic N) is 9. The zero-order valence-electron chi connectivity index (χ0n) is 60.4. The van der Waals surface area contributed by atoms with E-state index in [0.29, 0.717) is 12.0 Å². The Labute approximate surface area is 663 Å². The van der Waals surface area contributed by atoms with Crippen molar-refractivity contribution >= 4 is 246 Å². The molecule has 0 bridgehead atoms. The van der Waals surface area contributed by atoms with Crippen molar-refractivity contribution in [2.75, 3.05) is 0 Å². The van der Waals surface area contributed by atoms with E-state index in [0.717, 1.165) is 55.3 Å². The van der Waals surface area contributed by atoms with Gasteiger partial charge in [-0.05, 0) is 157 Å². The van der Waals surface area contributed by atoms with Gasteiger partial charge in [0.1, 0.15) is 11.0 Å². The highest BCUT2D eigenvalue weighted by atomic mass is 32.1. The van der Waals surface area contributed by atoms with Crippen molar-refractivity contribution in [1.29, 1.82) is 0 Å². The third-order valence-electron chi connectivity index (χ3n) is 22.4. The Morgan fingerprint density at radius 2 is 0.649 bits per heavy atom. The molecule has 0 N–H and O–H groups in total. The lowest BCUT2D eigenvalue weighted by Gasteiger charge is -2.09. The summed E-state index contributed by atoms with van der Waals surface area (Å²) in [6.45, 7) is 0. The highest BCUT2D eigenvalue weighted by Crippen LogP contribution is 2.46. The smallest absolute Gasteiger partial charge is 0.307 e. The second-order valence-corrected chi connectivity index (χ2v) is 33.0. The molecule has 0 amide bonds. The van der Waals surface area contributed by atoms with Crippen LogP contribution < -0.4 is 0 Å². The summed E-state index contributed by atoms with van der Waals surface area (Å²) in [6.07, 6.45) is 8.87. The van der Waals surface area contributed by atoms with Gasteiger partial charge in [0.2, 0.25) is 5.95 Å². The molecular formula is C99H57N9O2S4. The molecule has 11 nitrogen and oxygen atoms in total. The van der Waals surface area contributed by atoms with E-state index in [1.807, 2.05) is 94.1 Å². The number of para-hydroxylation sites is 6. The van der Waals surface area contributed by atoms with Crippen LogP contribution >= 0.6 is 45.3 Å². The maximum atomic E-state index is 6.15. The van der Waals surface area contributed by atoms with E-state index >= 15 is 0 Å². The number of hydrogen-bond donors (Lipinski definition) is 0. The number of hydrogen-bond acceptors (Lipinski definition) is 11. The Morgan fingerprint density at radius 1 is 0.246 bits per heavy atom. The standard InChI is InChI=1S/C27H16N2S.2C25H14N2OS.C22H13N3S/c1-3-7-24-20(5-1)22-14-23-21-6-2-4-8-26(21)30-27(23)15-25(22)29(24)19-10-9-18-16-28-12-11-17(18)13-19;1-4-10-20-15(7-1)17-13-18-16-8-2-6-12-23(16)29-24(18)14-21(17)27(20)25-26-19-9-3-5-11-22(19)28-25;1-3-7-21-16(5-1)18-12-19-17-6-2-4-8-24(17)29-25(19)13-22(18)27(21)15-9-10-23-20(11-15)26-14-28-23;1-3-8-18-14(6-1)16-12-17-15-7-2-4-9-20(15)26-21(17)13-19(16)25(18)22-23-10-5-11-24-22/h1-16H;2*1-14H;1-13H. The first kappa shape index (κ1) is 64.6. The van der Waals surface area contributed by atoms with Crippen LogP contribution in [-0.2, 0) is 0 Å². The second-order valence-electron chi connectivity index (χ2n) is 28.7. The fourth-order valence-electron chi connectivity index (χ4n) is 17.3. The van der Waals surface area contributed by atoms with Gasteiger partial charge in [-0.15, -0.1) is 45.3 Å². The number of aromatic nitrogens is 9. The van der Waals surface area contributed by atoms with Crippen molar-refractivity contribution in [3.05, 3.63) is 347 Å². The zero-order chi connectivity index (χ0) is 74.6. The largest absolute Gasteiger partial charge is 0.443 e. The van der Waals surface area contributed by atoms with Crippen LogP contribution in [0.15, 0.2) is 355 Å². The average Bonchev–Trinajstić information content (AvgIpc) is 1.59. The monoisotopic (exact) mass is 1530 g/mol. The lowest BCUT2D eigenvalue weighted by atomic mass is 10.1. The van der Waals surface area contributed by atoms with Gasteiger partial charge in [-0.2, -0.15) is 4.98 Å². The molecule has 0 radical (unpaired) electrons. The lowest BCUT2D eigenvalue weighted by molar-refractivity contribution is 0.574. The summed E-state index contributed by atoms with van der Waals surface area (Å²) in [5.74, 6) is 0.708. The van der Waals surface area contributed by atoms with E-state index in [9.17, 15) is 0 Å². The van der Waals surface area contributed by atoms with E-state index in [1.54, 1.807) is 12.4 Å². The van der Waals surface area contributed by atoms with E-state index in [1.165, 1.54) is 163 Å². The number of oxazole rings is 2. The van der Waals surface area contributed by atoms with Gasteiger partial charge in [-0.3, -0.25) is 14.1 Å². The molecule has 534 valence electrons. The minimum Gasteiger partial charge on any atom is -0.443 e. The van der Waals surface area contributed by atoms with Crippen LogP contribution in [0.25, 0.3) is 224 Å². The quantitative estimate of drug-likeness (QED) is 0.173. The van der Waals surface area contributed by atoms with Crippen molar-refractivity contribution in [3.8, 4) is 23.3 Å². The highest BCUT2D eigenvalue weighted by Gasteiger charge is 2.23. The summed E-state index contributed by atoms with van der Waals surface area (Å²) in [6, 6.07) is 113. The molecule has 12 aromatic heterocycles. The van der Waals surface area contributed by atoms with Crippen molar-refractivity contribution in [3.63, 3.8) is 0 Å². The van der Waals surface area contributed by atoms with E-state index in [2.05, 4.69) is 317 Å². The van der Waals surface area contributed by atoms with Gasteiger partial charge in [0, 0.05) is 165 Å². The minimum atomic E-state index is 0.609. The number of fused-ring (bicyclic) bond motifs is 27. The van der Waals surface area contributed by atoms with Crippen LogP contribution in [0.3, 0.4) is 0 Å². The molecule has 0 unspecified atom stereocenters. The molecule has 15 heteroatoms. The minimum absolute atomic E-state index is 0.609. The first-order valence-corrected chi connectivity index (χ1v) is 41.0. The average molecular weight is 1530 g/mol. The molecule has 0 saturated carbocycles. The molecule has 0 spiro atoms. The Hall–Kier alpha value is -14.2. The predicted octanol–water partition coefficient (Wildman–Crippen LogP) is 28.2. The summed E-state index contributed by atoms with van der Waals surface area (Å²) >= 11 is 7.39. The second kappa shape index (κ2) is 25.7. The van der Waals surface area contributed by atoms with Crippen LogP contribution in [0.5, 0.6) is 0 Å². The van der Waals surface area contributed by atoms with Crippen molar-refractivity contribution < 1.29 is 8.83 Å². The molecule has 0 aliphatic rings. The normalized spacial score (nSPS) is 12.0. The molecule has 15 aromatic carbocycles. The molecule has 12 heterocycles. The molecule has 0 saturated heterocycles. The maximum Gasteiger partial charge on any atom is 0.307 e. The molecule has 0 atom stereocenters.